The van der Waals surface area contributed by atoms with Gasteiger partial charge in [-0.1, -0.05) is 25.4 Å². The SMILES string of the molecule is CC(C)(C)n1nc(-c2noc(C3CC3)c2-c2ncc(C3CCNCC3)cn2)c2c(N)ncnc21.CCC. The van der Waals surface area contributed by atoms with Gasteiger partial charge in [-0.2, -0.15) is 5.10 Å². The van der Waals surface area contributed by atoms with Crippen molar-refractivity contribution in [3.63, 3.8) is 0 Å². The van der Waals surface area contributed by atoms with Crippen LogP contribution in [0.15, 0.2) is 23.2 Å². The van der Waals surface area contributed by atoms with Crippen LogP contribution in [0, 0.1) is 0 Å². The Morgan fingerprint density at radius 3 is 2.27 bits per heavy atom. The molecule has 0 bridgehead atoms. The van der Waals surface area contributed by atoms with Crippen molar-refractivity contribution in [1.82, 2.24) is 40.2 Å². The molecule has 196 valence electrons. The third-order valence-corrected chi connectivity index (χ3v) is 6.73. The van der Waals surface area contributed by atoms with Gasteiger partial charge in [-0.05, 0) is 71.0 Å². The van der Waals surface area contributed by atoms with Crippen LogP contribution in [0.4, 0.5) is 5.82 Å². The summed E-state index contributed by atoms with van der Waals surface area (Å²) in [7, 11) is 0. The maximum absolute atomic E-state index is 6.32. The Balaban J connectivity index is 0.000000892. The molecule has 0 amide bonds. The molecule has 1 saturated carbocycles. The number of nitrogens with zero attached hydrogens (tertiary/aromatic N) is 7. The second kappa shape index (κ2) is 10.2. The van der Waals surface area contributed by atoms with E-state index in [1.807, 2.05) is 17.1 Å². The van der Waals surface area contributed by atoms with Crippen molar-refractivity contribution in [2.24, 2.45) is 0 Å². The molecular weight excluding hydrogens is 466 g/mol. The molecule has 4 aromatic rings. The third kappa shape index (κ3) is 4.94. The molecule has 6 rings (SSSR count). The van der Waals surface area contributed by atoms with Gasteiger partial charge in [-0.25, -0.2) is 24.6 Å². The standard InChI is InChI=1S/C24H29N9O.C3H8/c1-24(2,3)33-23-17(21(25)29-12-30-23)18(31-33)19-16(20(34-32-19)14-4-5-14)22-27-10-15(11-28-22)13-6-8-26-9-7-13;1-3-2/h10-14,26H,4-9H2,1-3H3,(H2,25,29,30);3H2,1-2H3. The van der Waals surface area contributed by atoms with Crippen molar-refractivity contribution in [3.8, 4) is 22.8 Å². The summed E-state index contributed by atoms with van der Waals surface area (Å²) < 4.78 is 7.76. The molecule has 4 aromatic heterocycles. The molecule has 0 unspecified atom stereocenters. The van der Waals surface area contributed by atoms with Gasteiger partial charge in [-0.3, -0.25) is 0 Å². The summed E-state index contributed by atoms with van der Waals surface area (Å²) in [5.74, 6) is 2.60. The molecule has 5 heterocycles. The summed E-state index contributed by atoms with van der Waals surface area (Å²) in [5.41, 5.74) is 9.83. The van der Waals surface area contributed by atoms with E-state index in [1.54, 1.807) is 0 Å². The quantitative estimate of drug-likeness (QED) is 0.393. The van der Waals surface area contributed by atoms with E-state index in [0.717, 1.165) is 50.1 Å². The van der Waals surface area contributed by atoms with Gasteiger partial charge in [0.15, 0.2) is 17.2 Å². The van der Waals surface area contributed by atoms with Gasteiger partial charge < -0.3 is 15.6 Å². The van der Waals surface area contributed by atoms with E-state index in [9.17, 15) is 0 Å². The lowest BCUT2D eigenvalue weighted by molar-refractivity contribution is 0.365. The second-order valence-electron chi connectivity index (χ2n) is 11.0. The van der Waals surface area contributed by atoms with Gasteiger partial charge in [0.2, 0.25) is 0 Å². The van der Waals surface area contributed by atoms with Gasteiger partial charge >= 0.3 is 0 Å². The van der Waals surface area contributed by atoms with Crippen molar-refractivity contribution >= 4 is 16.9 Å². The van der Waals surface area contributed by atoms with Crippen molar-refractivity contribution < 1.29 is 4.52 Å². The minimum absolute atomic E-state index is 0.312. The van der Waals surface area contributed by atoms with E-state index < -0.39 is 0 Å². The van der Waals surface area contributed by atoms with Crippen LogP contribution in [-0.4, -0.2) is 48.0 Å². The van der Waals surface area contributed by atoms with Crippen LogP contribution < -0.4 is 11.1 Å². The Morgan fingerprint density at radius 1 is 0.973 bits per heavy atom. The Morgan fingerprint density at radius 2 is 1.65 bits per heavy atom. The normalized spacial score (nSPS) is 16.6. The Hall–Kier alpha value is -3.40. The topological polar surface area (TPSA) is 133 Å². The first kappa shape index (κ1) is 25.3. The highest BCUT2D eigenvalue weighted by molar-refractivity contribution is 6.00. The number of hydrogen-bond acceptors (Lipinski definition) is 9. The summed E-state index contributed by atoms with van der Waals surface area (Å²) in [4.78, 5) is 18.3. The van der Waals surface area contributed by atoms with E-state index in [2.05, 4.69) is 55.1 Å². The average Bonchev–Trinajstić information content (AvgIpc) is 3.50. The molecule has 37 heavy (non-hydrogen) atoms. The molecule has 1 aliphatic carbocycles. The molecule has 2 aliphatic rings. The van der Waals surface area contributed by atoms with E-state index in [4.69, 9.17) is 25.3 Å². The van der Waals surface area contributed by atoms with Crippen LogP contribution in [0.2, 0.25) is 0 Å². The molecule has 10 heteroatoms. The average molecular weight is 504 g/mol. The van der Waals surface area contributed by atoms with E-state index >= 15 is 0 Å². The zero-order valence-corrected chi connectivity index (χ0v) is 22.5. The number of nitrogens with one attached hydrogen (secondary N) is 1. The monoisotopic (exact) mass is 503 g/mol. The number of hydrogen-bond donors (Lipinski definition) is 2. The zero-order chi connectivity index (χ0) is 26.2. The van der Waals surface area contributed by atoms with Gasteiger partial charge in [0.25, 0.3) is 0 Å². The molecule has 0 spiro atoms. The van der Waals surface area contributed by atoms with Crippen molar-refractivity contribution in [2.75, 3.05) is 18.8 Å². The largest absolute Gasteiger partial charge is 0.383 e. The van der Waals surface area contributed by atoms with Gasteiger partial charge in [0.1, 0.15) is 23.5 Å². The highest BCUT2D eigenvalue weighted by Crippen LogP contribution is 2.48. The molecule has 10 nitrogen and oxygen atoms in total. The number of nitrogen functional groups attached to an aromatic ring is 1. The lowest BCUT2D eigenvalue weighted by Gasteiger charge is -2.22. The molecule has 3 N–H and O–H groups in total. The predicted octanol–water partition coefficient (Wildman–Crippen LogP) is 5.04. The molecule has 1 aliphatic heterocycles. The number of rotatable bonds is 4. The van der Waals surface area contributed by atoms with Crippen LogP contribution in [0.3, 0.4) is 0 Å². The minimum Gasteiger partial charge on any atom is -0.383 e. The van der Waals surface area contributed by atoms with Crippen molar-refractivity contribution in [1.29, 1.82) is 0 Å². The highest BCUT2D eigenvalue weighted by atomic mass is 16.5. The van der Waals surface area contributed by atoms with E-state index in [1.165, 1.54) is 18.3 Å². The highest BCUT2D eigenvalue weighted by Gasteiger charge is 2.36. The first-order valence-corrected chi connectivity index (χ1v) is 13.4. The van der Waals surface area contributed by atoms with Crippen LogP contribution in [0.1, 0.15) is 89.9 Å². The van der Waals surface area contributed by atoms with E-state index in [0.29, 0.717) is 45.9 Å². The van der Waals surface area contributed by atoms with Crippen LogP contribution >= 0.6 is 0 Å². The maximum atomic E-state index is 6.32. The maximum Gasteiger partial charge on any atom is 0.165 e. The summed E-state index contributed by atoms with van der Waals surface area (Å²) in [5, 5.41) is 13.5. The zero-order valence-electron chi connectivity index (χ0n) is 22.5. The minimum atomic E-state index is -0.312. The van der Waals surface area contributed by atoms with Crippen LogP contribution in [0.25, 0.3) is 33.8 Å². The van der Waals surface area contributed by atoms with Crippen LogP contribution in [-0.2, 0) is 5.54 Å². The fraction of sp³-hybridized carbons (Fsp3) is 0.556. The van der Waals surface area contributed by atoms with Gasteiger partial charge in [0.05, 0.1) is 16.5 Å². The number of nitrogens with two attached hydrogens (primary N) is 1. The second-order valence-corrected chi connectivity index (χ2v) is 11.0. The first-order valence-electron chi connectivity index (χ1n) is 13.4. The number of fused-ring (bicyclic) bond motifs is 1. The summed E-state index contributed by atoms with van der Waals surface area (Å²) >= 11 is 0. The Bertz CT molecular complexity index is 1360. The summed E-state index contributed by atoms with van der Waals surface area (Å²) in [6.45, 7) is 12.5. The fourth-order valence-corrected chi connectivity index (χ4v) is 4.75. The van der Waals surface area contributed by atoms with Crippen molar-refractivity contribution in [3.05, 3.63) is 30.0 Å². The smallest absolute Gasteiger partial charge is 0.165 e. The lowest BCUT2D eigenvalue weighted by atomic mass is 9.92. The Labute approximate surface area is 217 Å². The molecule has 2 fully saturated rings. The summed E-state index contributed by atoms with van der Waals surface area (Å²) in [6.07, 6.45) is 11.0. The Kier molecular flexibility index (Phi) is 6.94. The molecular formula is C27H37N9O. The van der Waals surface area contributed by atoms with Gasteiger partial charge in [0, 0.05) is 18.3 Å². The number of anilines is 1. The van der Waals surface area contributed by atoms with Crippen molar-refractivity contribution in [2.45, 2.75) is 84.1 Å². The summed E-state index contributed by atoms with van der Waals surface area (Å²) in [6, 6.07) is 0. The fourth-order valence-electron chi connectivity index (χ4n) is 4.75. The molecule has 1 saturated heterocycles. The van der Waals surface area contributed by atoms with Crippen LogP contribution in [0.5, 0.6) is 0 Å². The van der Waals surface area contributed by atoms with E-state index in [-0.39, 0.29) is 5.54 Å². The molecule has 0 atom stereocenters. The van der Waals surface area contributed by atoms with Gasteiger partial charge in [-0.15, -0.1) is 0 Å². The number of piperidine rings is 1. The lowest BCUT2D eigenvalue weighted by Crippen LogP contribution is -2.26. The first-order chi connectivity index (χ1) is 17.8. The predicted molar refractivity (Wildman–Crippen MR) is 144 cm³/mol. The number of aromatic nitrogens is 7. The molecule has 0 radical (unpaired) electrons. The third-order valence-electron chi connectivity index (χ3n) is 6.73. The molecule has 0 aromatic carbocycles.